The summed E-state index contributed by atoms with van der Waals surface area (Å²) in [4.78, 5) is 25.2. The van der Waals surface area contributed by atoms with Crippen LogP contribution < -0.4 is 5.32 Å². The zero-order valence-corrected chi connectivity index (χ0v) is 11.9. The Bertz CT molecular complexity index is 381. The van der Waals surface area contributed by atoms with E-state index in [4.69, 9.17) is 9.47 Å². The van der Waals surface area contributed by atoms with Crippen LogP contribution in [0.1, 0.15) is 20.3 Å². The fourth-order valence-electron chi connectivity index (χ4n) is 2.71. The number of ether oxygens (including phenoxy) is 2. The summed E-state index contributed by atoms with van der Waals surface area (Å²) < 4.78 is 10.5. The van der Waals surface area contributed by atoms with Crippen molar-refractivity contribution in [2.75, 3.05) is 33.0 Å². The maximum Gasteiger partial charge on any atom is 0.318 e. The first kappa shape index (κ1) is 15.1. The normalized spacial score (nSPS) is 33.1. The summed E-state index contributed by atoms with van der Waals surface area (Å²) in [5.41, 5.74) is -0.372. The maximum absolute atomic E-state index is 12.4. The lowest BCUT2D eigenvalue weighted by molar-refractivity contribution is -0.142. The van der Waals surface area contributed by atoms with Gasteiger partial charge in [-0.15, -0.1) is 0 Å². The summed E-state index contributed by atoms with van der Waals surface area (Å²) in [6, 6.07) is -0.661. The molecular weight excluding hydrogens is 264 g/mol. The van der Waals surface area contributed by atoms with Crippen molar-refractivity contribution in [2.45, 2.75) is 31.8 Å². The second-order valence-electron chi connectivity index (χ2n) is 5.63. The fourth-order valence-corrected chi connectivity index (χ4v) is 2.71. The van der Waals surface area contributed by atoms with Crippen molar-refractivity contribution in [3.63, 3.8) is 0 Å². The number of rotatable bonds is 4. The van der Waals surface area contributed by atoms with E-state index >= 15 is 0 Å². The zero-order chi connectivity index (χ0) is 14.8. The molecule has 7 nitrogen and oxygen atoms in total. The van der Waals surface area contributed by atoms with Crippen LogP contribution in [0.3, 0.4) is 0 Å². The van der Waals surface area contributed by atoms with Gasteiger partial charge in [0.1, 0.15) is 5.92 Å². The van der Waals surface area contributed by atoms with Gasteiger partial charge >= 0.3 is 12.0 Å². The van der Waals surface area contributed by atoms with Crippen molar-refractivity contribution in [1.82, 2.24) is 10.2 Å². The number of hydrogen-bond acceptors (Lipinski definition) is 4. The molecule has 0 aromatic heterocycles. The lowest BCUT2D eigenvalue weighted by atomic mass is 10.0. The fraction of sp³-hybridized carbons (Fsp3) is 0.846. The number of likely N-dealkylation sites (N-methyl/N-ethyl adjacent to an activating group) is 1. The Hall–Kier alpha value is -1.34. The number of carboxylic acids is 1. The molecular formula is C13H22N2O5. The van der Waals surface area contributed by atoms with Gasteiger partial charge in [-0.2, -0.15) is 0 Å². The second-order valence-corrected chi connectivity index (χ2v) is 5.63. The van der Waals surface area contributed by atoms with Gasteiger partial charge in [-0.1, -0.05) is 0 Å². The predicted molar refractivity (Wildman–Crippen MR) is 70.5 cm³/mol. The van der Waals surface area contributed by atoms with E-state index in [0.29, 0.717) is 19.8 Å². The highest BCUT2D eigenvalue weighted by atomic mass is 16.5. The molecule has 2 aliphatic rings. The van der Waals surface area contributed by atoms with E-state index in [1.807, 2.05) is 13.8 Å². The van der Waals surface area contributed by atoms with Gasteiger partial charge in [-0.25, -0.2) is 4.79 Å². The number of nitrogens with one attached hydrogen (secondary N) is 1. The molecule has 7 heteroatoms. The molecule has 0 aromatic carbocycles. The second kappa shape index (κ2) is 5.97. The standard InChI is InChI=1S/C13H22N2O5/c1-3-15(10-7-20-6-9(10)11(16)17)12(18)14-13(2)4-5-19-8-13/h9-10H,3-8H2,1-2H3,(H,14,18)(H,16,17). The van der Waals surface area contributed by atoms with Crippen LogP contribution in [0.2, 0.25) is 0 Å². The number of carboxylic acid groups (broad SMARTS) is 1. The van der Waals surface area contributed by atoms with E-state index in [2.05, 4.69) is 5.32 Å². The van der Waals surface area contributed by atoms with Crippen LogP contribution in [0.4, 0.5) is 4.79 Å². The molecule has 2 saturated heterocycles. The van der Waals surface area contributed by atoms with Gasteiger partial charge in [0.15, 0.2) is 0 Å². The number of aliphatic carboxylic acids is 1. The third kappa shape index (κ3) is 3.04. The van der Waals surface area contributed by atoms with E-state index in [1.54, 1.807) is 4.90 Å². The maximum atomic E-state index is 12.4. The zero-order valence-electron chi connectivity index (χ0n) is 11.9. The molecule has 2 N–H and O–H groups in total. The molecule has 0 radical (unpaired) electrons. The topological polar surface area (TPSA) is 88.1 Å². The first-order chi connectivity index (χ1) is 9.47. The summed E-state index contributed by atoms with van der Waals surface area (Å²) in [6.45, 7) is 5.76. The van der Waals surface area contributed by atoms with Gasteiger partial charge in [0.05, 0.1) is 31.4 Å². The largest absolute Gasteiger partial charge is 0.481 e. The van der Waals surface area contributed by atoms with Crippen molar-refractivity contribution >= 4 is 12.0 Å². The van der Waals surface area contributed by atoms with Crippen LogP contribution in [0.5, 0.6) is 0 Å². The van der Waals surface area contributed by atoms with E-state index < -0.39 is 17.9 Å². The van der Waals surface area contributed by atoms with E-state index in [9.17, 15) is 14.7 Å². The molecule has 2 fully saturated rings. The number of urea groups is 1. The highest BCUT2D eigenvalue weighted by Crippen LogP contribution is 2.22. The average Bonchev–Trinajstić information content (AvgIpc) is 2.99. The first-order valence-electron chi connectivity index (χ1n) is 6.94. The van der Waals surface area contributed by atoms with Gasteiger partial charge in [0, 0.05) is 13.2 Å². The molecule has 0 bridgehead atoms. The Morgan fingerprint density at radius 3 is 2.70 bits per heavy atom. The lowest BCUT2D eigenvalue weighted by Crippen LogP contribution is -2.56. The SMILES string of the molecule is CCN(C(=O)NC1(C)CCOC1)C1COCC1C(=O)O. The van der Waals surface area contributed by atoms with E-state index in [-0.39, 0.29) is 24.8 Å². The van der Waals surface area contributed by atoms with Gasteiger partial charge in [0.2, 0.25) is 0 Å². The number of carbonyl (C=O) groups is 2. The van der Waals surface area contributed by atoms with E-state index in [1.165, 1.54) is 0 Å². The third-order valence-corrected chi connectivity index (χ3v) is 4.00. The van der Waals surface area contributed by atoms with Crippen molar-refractivity contribution in [1.29, 1.82) is 0 Å². The Kier molecular flexibility index (Phi) is 4.49. The summed E-state index contributed by atoms with van der Waals surface area (Å²) >= 11 is 0. The molecule has 3 atom stereocenters. The summed E-state index contributed by atoms with van der Waals surface area (Å²) in [7, 11) is 0. The lowest BCUT2D eigenvalue weighted by Gasteiger charge is -2.33. The summed E-state index contributed by atoms with van der Waals surface area (Å²) in [5, 5.41) is 12.1. The number of amides is 2. The van der Waals surface area contributed by atoms with Crippen LogP contribution in [0, 0.1) is 5.92 Å². The Morgan fingerprint density at radius 2 is 2.15 bits per heavy atom. The third-order valence-electron chi connectivity index (χ3n) is 4.00. The Labute approximate surface area is 118 Å². The monoisotopic (exact) mass is 286 g/mol. The quantitative estimate of drug-likeness (QED) is 0.776. The van der Waals surface area contributed by atoms with Gasteiger partial charge in [-0.3, -0.25) is 4.79 Å². The molecule has 3 unspecified atom stereocenters. The van der Waals surface area contributed by atoms with Gasteiger partial charge < -0.3 is 24.8 Å². The van der Waals surface area contributed by atoms with Crippen molar-refractivity contribution in [3.8, 4) is 0 Å². The van der Waals surface area contributed by atoms with Crippen LogP contribution >= 0.6 is 0 Å². The summed E-state index contributed by atoms with van der Waals surface area (Å²) in [5.74, 6) is -1.58. The molecule has 0 aliphatic carbocycles. The summed E-state index contributed by atoms with van der Waals surface area (Å²) in [6.07, 6.45) is 0.764. The number of hydrogen-bond donors (Lipinski definition) is 2. The van der Waals surface area contributed by atoms with Crippen LogP contribution in [0.25, 0.3) is 0 Å². The molecule has 0 spiro atoms. The Balaban J connectivity index is 2.03. The number of carbonyl (C=O) groups excluding carboxylic acids is 1. The molecule has 0 saturated carbocycles. The predicted octanol–water partition coefficient (Wildman–Crippen LogP) is 0.297. The van der Waals surface area contributed by atoms with E-state index in [0.717, 1.165) is 6.42 Å². The molecule has 2 amide bonds. The molecule has 114 valence electrons. The smallest absolute Gasteiger partial charge is 0.318 e. The van der Waals surface area contributed by atoms with Gasteiger partial charge in [-0.05, 0) is 20.3 Å². The number of nitrogens with zero attached hydrogens (tertiary/aromatic N) is 1. The molecule has 0 aromatic rings. The van der Waals surface area contributed by atoms with Crippen LogP contribution in [-0.2, 0) is 14.3 Å². The van der Waals surface area contributed by atoms with Crippen LogP contribution in [0.15, 0.2) is 0 Å². The minimum absolute atomic E-state index is 0.157. The van der Waals surface area contributed by atoms with Crippen molar-refractivity contribution in [3.05, 3.63) is 0 Å². The first-order valence-corrected chi connectivity index (χ1v) is 6.94. The van der Waals surface area contributed by atoms with Gasteiger partial charge in [0.25, 0.3) is 0 Å². The molecule has 2 aliphatic heterocycles. The molecule has 20 heavy (non-hydrogen) atoms. The Morgan fingerprint density at radius 1 is 1.40 bits per heavy atom. The highest BCUT2D eigenvalue weighted by Gasteiger charge is 2.41. The molecule has 2 heterocycles. The molecule has 2 rings (SSSR count). The average molecular weight is 286 g/mol. The van der Waals surface area contributed by atoms with Crippen molar-refractivity contribution in [2.24, 2.45) is 5.92 Å². The van der Waals surface area contributed by atoms with Crippen molar-refractivity contribution < 1.29 is 24.2 Å². The van der Waals surface area contributed by atoms with Crippen LogP contribution in [-0.4, -0.2) is 66.6 Å². The minimum atomic E-state index is -0.922. The minimum Gasteiger partial charge on any atom is -0.481 e. The highest BCUT2D eigenvalue weighted by molar-refractivity contribution is 5.78.